The van der Waals surface area contributed by atoms with Crippen LogP contribution in [0.4, 0.5) is 5.69 Å². The maximum Gasteiger partial charge on any atom is 0.273 e. The summed E-state index contributed by atoms with van der Waals surface area (Å²) in [6.45, 7) is 5.34. The molecule has 0 amide bonds. The van der Waals surface area contributed by atoms with Crippen molar-refractivity contribution in [2.24, 2.45) is 5.92 Å². The van der Waals surface area contributed by atoms with E-state index in [2.05, 4.69) is 17.2 Å². The van der Waals surface area contributed by atoms with E-state index in [0.29, 0.717) is 18.4 Å². The Morgan fingerprint density at radius 1 is 1.39 bits per heavy atom. The lowest BCUT2D eigenvalue weighted by atomic mass is 9.60. The lowest BCUT2D eigenvalue weighted by molar-refractivity contribution is -0.386. The second-order valence-electron chi connectivity index (χ2n) is 6.74. The Bertz CT molecular complexity index is 765. The van der Waals surface area contributed by atoms with Gasteiger partial charge < -0.3 is 0 Å². The lowest BCUT2D eigenvalue weighted by Crippen LogP contribution is -2.56. The zero-order valence-corrected chi connectivity index (χ0v) is 12.8. The number of hydrogen-bond acceptors (Lipinski definition) is 4. The molecule has 0 spiro atoms. The number of fused-ring (bicyclic) bond motifs is 1. The van der Waals surface area contributed by atoms with E-state index in [1.165, 1.54) is 6.07 Å². The van der Waals surface area contributed by atoms with Gasteiger partial charge >= 0.3 is 0 Å². The summed E-state index contributed by atoms with van der Waals surface area (Å²) in [5.41, 5.74) is 4.09. The molecule has 23 heavy (non-hydrogen) atoms. The molecule has 2 bridgehead atoms. The summed E-state index contributed by atoms with van der Waals surface area (Å²) in [4.78, 5) is 26.5. The van der Waals surface area contributed by atoms with Gasteiger partial charge in [0, 0.05) is 37.2 Å². The first kappa shape index (κ1) is 14.4. The fourth-order valence-electron chi connectivity index (χ4n) is 4.87. The summed E-state index contributed by atoms with van der Waals surface area (Å²) in [7, 11) is 0. The van der Waals surface area contributed by atoms with Crippen molar-refractivity contribution in [2.75, 3.05) is 13.1 Å². The average molecular weight is 310 g/mol. The zero-order valence-electron chi connectivity index (χ0n) is 12.8. The molecule has 1 aromatic carbocycles. The van der Waals surface area contributed by atoms with Gasteiger partial charge in [0.2, 0.25) is 0 Å². The highest BCUT2D eigenvalue weighted by Gasteiger charge is 2.60. The Morgan fingerprint density at radius 2 is 2.17 bits per heavy atom. The van der Waals surface area contributed by atoms with Gasteiger partial charge in [0.25, 0.3) is 5.69 Å². The van der Waals surface area contributed by atoms with Crippen LogP contribution >= 0.6 is 0 Å². The topological polar surface area (TPSA) is 63.4 Å². The number of ketones is 1. The van der Waals surface area contributed by atoms with Crippen LogP contribution in [-0.4, -0.2) is 34.7 Å². The number of Topliss-reactive ketones (excluding diaryl/α,β-unsaturated/α-hetero) is 1. The summed E-state index contributed by atoms with van der Waals surface area (Å²) < 4.78 is 0. The normalized spacial score (nSPS) is 32.7. The molecule has 1 aliphatic carbocycles. The number of nitro groups is 1. The largest absolute Gasteiger partial charge is 0.299 e. The van der Waals surface area contributed by atoms with Crippen LogP contribution in [-0.2, 0) is 10.2 Å². The quantitative estimate of drug-likeness (QED) is 0.478. The molecule has 118 valence electrons. The number of nitrogens with zero attached hydrogens (tertiary/aromatic N) is 2. The fourth-order valence-corrected chi connectivity index (χ4v) is 4.87. The molecule has 4 rings (SSSR count). The molecule has 2 heterocycles. The van der Waals surface area contributed by atoms with Crippen LogP contribution in [0.1, 0.15) is 24.8 Å². The average Bonchev–Trinajstić information content (AvgIpc) is 2.96. The number of piperidine rings is 1. The van der Waals surface area contributed by atoms with E-state index >= 15 is 0 Å². The van der Waals surface area contributed by atoms with Crippen molar-refractivity contribution in [3.8, 4) is 0 Å². The molecule has 0 unspecified atom stereocenters. The first-order valence-corrected chi connectivity index (χ1v) is 7.98. The van der Waals surface area contributed by atoms with E-state index in [1.807, 2.05) is 0 Å². The zero-order chi connectivity index (χ0) is 16.2. The summed E-state index contributed by atoms with van der Waals surface area (Å²) >= 11 is 0. The smallest absolute Gasteiger partial charge is 0.273 e. The van der Waals surface area contributed by atoms with Crippen LogP contribution in [0.15, 0.2) is 42.1 Å². The van der Waals surface area contributed by atoms with Crippen molar-refractivity contribution in [1.82, 2.24) is 4.90 Å². The number of rotatable bonds is 2. The Labute approximate surface area is 134 Å². The summed E-state index contributed by atoms with van der Waals surface area (Å²) in [5.74, 6) is 0.346. The van der Waals surface area contributed by atoms with Crippen LogP contribution in [0.25, 0.3) is 0 Å². The van der Waals surface area contributed by atoms with Gasteiger partial charge in [0.05, 0.1) is 10.3 Å². The van der Waals surface area contributed by atoms with E-state index in [0.717, 1.165) is 25.1 Å². The van der Waals surface area contributed by atoms with Crippen molar-refractivity contribution < 1.29 is 9.72 Å². The molecule has 2 aliphatic heterocycles. The molecule has 5 heteroatoms. The number of carbonyl (C=O) groups is 1. The maximum absolute atomic E-state index is 13.1. The molecule has 0 aromatic heterocycles. The van der Waals surface area contributed by atoms with Gasteiger partial charge in [0.1, 0.15) is 5.78 Å². The molecule has 3 fully saturated rings. The van der Waals surface area contributed by atoms with E-state index in [9.17, 15) is 14.9 Å². The molecule has 3 atom stereocenters. The summed E-state index contributed by atoms with van der Waals surface area (Å²) in [6.07, 6.45) is 1.99. The summed E-state index contributed by atoms with van der Waals surface area (Å²) in [6, 6.07) is 6.83. The van der Waals surface area contributed by atoms with Crippen LogP contribution in [0.5, 0.6) is 0 Å². The highest BCUT2D eigenvalue weighted by atomic mass is 16.6. The van der Waals surface area contributed by atoms with Gasteiger partial charge in [-0.25, -0.2) is 0 Å². The van der Waals surface area contributed by atoms with E-state index in [1.54, 1.807) is 18.2 Å². The molecule has 2 saturated heterocycles. The van der Waals surface area contributed by atoms with Crippen molar-refractivity contribution in [2.45, 2.75) is 30.7 Å². The molecule has 1 aromatic rings. The van der Waals surface area contributed by atoms with Gasteiger partial charge in [-0.05, 0) is 24.3 Å². The molecule has 1 saturated carbocycles. The second-order valence-corrected chi connectivity index (χ2v) is 6.74. The Kier molecular flexibility index (Phi) is 3.05. The van der Waals surface area contributed by atoms with Crippen molar-refractivity contribution in [1.29, 1.82) is 0 Å². The van der Waals surface area contributed by atoms with Crippen LogP contribution in [0.2, 0.25) is 0 Å². The Morgan fingerprint density at radius 3 is 2.91 bits per heavy atom. The highest BCUT2D eigenvalue weighted by Crippen LogP contribution is 2.54. The number of nitro benzene ring substituents is 1. The minimum Gasteiger partial charge on any atom is -0.299 e. The number of para-hydroxylation sites is 1. The van der Waals surface area contributed by atoms with E-state index in [4.69, 9.17) is 0 Å². The van der Waals surface area contributed by atoms with Gasteiger partial charge in [-0.1, -0.05) is 24.8 Å². The predicted molar refractivity (Wildman–Crippen MR) is 85.1 cm³/mol. The highest BCUT2D eigenvalue weighted by molar-refractivity contribution is 5.94. The minimum atomic E-state index is -0.715. The van der Waals surface area contributed by atoms with Crippen molar-refractivity contribution >= 4 is 11.5 Å². The van der Waals surface area contributed by atoms with Gasteiger partial charge in [-0.15, -0.1) is 5.73 Å². The Balaban J connectivity index is 1.88. The number of carbonyl (C=O) groups excluding carboxylic acids is 1. The SMILES string of the molecule is C=C=C1CN2CC[C@@]3(c4ccccc4[N+](=O)[O-])C(=O)C[C@@H]1C[C@H]23. The molecular formula is C18H18N2O3. The number of hydrogen-bond donors (Lipinski definition) is 0. The van der Waals surface area contributed by atoms with Crippen molar-refractivity contribution in [3.63, 3.8) is 0 Å². The third-order valence-corrected chi connectivity index (χ3v) is 5.91. The van der Waals surface area contributed by atoms with Gasteiger partial charge in [-0.2, -0.15) is 0 Å². The number of benzene rings is 1. The van der Waals surface area contributed by atoms with Crippen LogP contribution < -0.4 is 0 Å². The monoisotopic (exact) mass is 310 g/mol. The molecule has 0 radical (unpaired) electrons. The third-order valence-electron chi connectivity index (χ3n) is 5.91. The molecular weight excluding hydrogens is 292 g/mol. The standard InChI is InChI=1S/C18H18N2O3/c1-2-12-11-19-8-7-18(16(19)9-13(12)10-17(18)21)14-5-3-4-6-15(14)20(22)23/h3-6,13,16H,1,7-11H2/t13-,16-,18-/m0/s1. The minimum absolute atomic E-state index is 0.0620. The molecule has 5 nitrogen and oxygen atoms in total. The predicted octanol–water partition coefficient (Wildman–Crippen LogP) is 2.61. The fraction of sp³-hybridized carbons (Fsp3) is 0.444. The van der Waals surface area contributed by atoms with Gasteiger partial charge in [-0.3, -0.25) is 19.8 Å². The molecule has 0 N–H and O–H groups in total. The van der Waals surface area contributed by atoms with Crippen LogP contribution in [0, 0.1) is 16.0 Å². The van der Waals surface area contributed by atoms with E-state index < -0.39 is 5.41 Å². The third kappa shape index (κ3) is 1.81. The van der Waals surface area contributed by atoms with E-state index in [-0.39, 0.29) is 28.4 Å². The van der Waals surface area contributed by atoms with Crippen molar-refractivity contribution in [3.05, 3.63) is 57.8 Å². The maximum atomic E-state index is 13.1. The van der Waals surface area contributed by atoms with Crippen LogP contribution in [0.3, 0.4) is 0 Å². The van der Waals surface area contributed by atoms with Gasteiger partial charge in [0.15, 0.2) is 0 Å². The lowest BCUT2D eigenvalue weighted by Gasteiger charge is -2.47. The second kappa shape index (κ2) is 4.88. The summed E-state index contributed by atoms with van der Waals surface area (Å²) in [5, 5.41) is 11.5. The first-order valence-electron chi connectivity index (χ1n) is 7.98. The molecule has 3 aliphatic rings. The Hall–Kier alpha value is -2.23. The first-order chi connectivity index (χ1) is 11.1.